The Balaban J connectivity index is 1.62. The summed E-state index contributed by atoms with van der Waals surface area (Å²) < 4.78 is 1.34. The third kappa shape index (κ3) is 4.75. The highest BCUT2D eigenvalue weighted by Gasteiger charge is 2.28. The smallest absolute Gasteiger partial charge is 0.0907 e. The summed E-state index contributed by atoms with van der Waals surface area (Å²) in [6, 6.07) is 4.83. The lowest BCUT2D eigenvalue weighted by Crippen LogP contribution is -2.46. The molecule has 30 heavy (non-hydrogen) atoms. The summed E-state index contributed by atoms with van der Waals surface area (Å²) >= 11 is 1.83. The first kappa shape index (κ1) is 21.8. The number of hydrogen-bond donors (Lipinski definition) is 0. The molecule has 3 nitrogen and oxygen atoms in total. The largest absolute Gasteiger partial charge is 0.368 e. The van der Waals surface area contributed by atoms with Crippen LogP contribution in [0.2, 0.25) is 0 Å². The number of allylic oxidation sites excluding steroid dienone is 2. The first-order chi connectivity index (χ1) is 14.3. The van der Waals surface area contributed by atoms with Crippen molar-refractivity contribution < 1.29 is 0 Å². The molecule has 4 heteroatoms. The average Bonchev–Trinajstić information content (AvgIpc) is 3.10. The van der Waals surface area contributed by atoms with Gasteiger partial charge in [-0.3, -0.25) is 4.90 Å². The second-order valence-electron chi connectivity index (χ2n) is 10.3. The highest BCUT2D eigenvalue weighted by molar-refractivity contribution is 7.18. The summed E-state index contributed by atoms with van der Waals surface area (Å²) in [5.41, 5.74) is 6.02. The molecule has 4 rings (SSSR count). The molecule has 0 bridgehead atoms. The van der Waals surface area contributed by atoms with Gasteiger partial charge in [-0.2, -0.15) is 0 Å². The second kappa shape index (κ2) is 9.00. The number of fused-ring (bicyclic) bond motifs is 1. The van der Waals surface area contributed by atoms with Crippen LogP contribution in [0.4, 0.5) is 5.69 Å². The van der Waals surface area contributed by atoms with Gasteiger partial charge in [-0.05, 0) is 68.2 Å². The quantitative estimate of drug-likeness (QED) is 0.528. The molecule has 1 aliphatic carbocycles. The minimum atomic E-state index is 0.398. The topological polar surface area (TPSA) is 19.4 Å². The van der Waals surface area contributed by atoms with E-state index in [0.717, 1.165) is 19.0 Å². The molecule has 1 aromatic carbocycles. The third-order valence-corrected chi connectivity index (χ3v) is 8.07. The fraction of sp³-hybridized carbons (Fsp3) is 0.654. The maximum atomic E-state index is 4.82. The van der Waals surface area contributed by atoms with Crippen molar-refractivity contribution >= 4 is 32.8 Å². The van der Waals surface area contributed by atoms with Crippen LogP contribution in [0.25, 0.3) is 15.8 Å². The van der Waals surface area contributed by atoms with Crippen molar-refractivity contribution in [2.45, 2.75) is 66.7 Å². The summed E-state index contributed by atoms with van der Waals surface area (Å²) in [4.78, 5) is 10.1. The molecule has 2 aliphatic rings. The van der Waals surface area contributed by atoms with Crippen LogP contribution in [-0.2, 0) is 0 Å². The van der Waals surface area contributed by atoms with Crippen LogP contribution >= 0.6 is 11.3 Å². The summed E-state index contributed by atoms with van der Waals surface area (Å²) in [5.74, 6) is 0.789. The van der Waals surface area contributed by atoms with Crippen LogP contribution < -0.4 is 4.90 Å². The Morgan fingerprint density at radius 1 is 1.13 bits per heavy atom. The highest BCUT2D eigenvalue weighted by atomic mass is 32.1. The normalized spacial score (nSPS) is 21.3. The van der Waals surface area contributed by atoms with Crippen molar-refractivity contribution in [3.05, 3.63) is 28.8 Å². The summed E-state index contributed by atoms with van der Waals surface area (Å²) in [6.07, 6.45) is 8.85. The van der Waals surface area contributed by atoms with E-state index in [0.29, 0.717) is 5.41 Å². The van der Waals surface area contributed by atoms with Gasteiger partial charge in [0.15, 0.2) is 0 Å². The second-order valence-corrected chi connectivity index (χ2v) is 11.6. The van der Waals surface area contributed by atoms with Crippen molar-refractivity contribution in [2.24, 2.45) is 11.3 Å². The molecule has 0 amide bonds. The van der Waals surface area contributed by atoms with E-state index in [1.807, 2.05) is 11.3 Å². The van der Waals surface area contributed by atoms with Crippen LogP contribution in [-0.4, -0.2) is 42.6 Å². The van der Waals surface area contributed by atoms with Gasteiger partial charge in [0.05, 0.1) is 15.2 Å². The number of rotatable bonds is 5. The molecule has 1 unspecified atom stereocenters. The molecule has 1 fully saturated rings. The number of hydrogen-bond acceptors (Lipinski definition) is 4. The van der Waals surface area contributed by atoms with E-state index in [-0.39, 0.29) is 0 Å². The van der Waals surface area contributed by atoms with Crippen molar-refractivity contribution in [1.29, 1.82) is 0 Å². The molecule has 0 N–H and O–H groups in total. The van der Waals surface area contributed by atoms with Crippen LogP contribution in [0.15, 0.2) is 18.2 Å². The predicted molar refractivity (Wildman–Crippen MR) is 133 cm³/mol. The van der Waals surface area contributed by atoms with Crippen LogP contribution in [0, 0.1) is 18.3 Å². The molecule has 0 saturated carbocycles. The Labute approximate surface area is 187 Å². The van der Waals surface area contributed by atoms with E-state index >= 15 is 0 Å². The van der Waals surface area contributed by atoms with Gasteiger partial charge >= 0.3 is 0 Å². The van der Waals surface area contributed by atoms with E-state index in [9.17, 15) is 0 Å². The van der Waals surface area contributed by atoms with Crippen molar-refractivity contribution in [1.82, 2.24) is 9.88 Å². The van der Waals surface area contributed by atoms with Gasteiger partial charge < -0.3 is 4.90 Å². The predicted octanol–water partition coefficient (Wildman–Crippen LogP) is 6.76. The molecule has 2 aromatic rings. The molecule has 1 atom stereocenters. The van der Waals surface area contributed by atoms with E-state index in [1.54, 1.807) is 5.57 Å². The Morgan fingerprint density at radius 2 is 1.90 bits per heavy atom. The van der Waals surface area contributed by atoms with Crippen LogP contribution in [0.1, 0.15) is 70.4 Å². The Kier molecular flexibility index (Phi) is 6.55. The van der Waals surface area contributed by atoms with Crippen molar-refractivity contribution in [2.75, 3.05) is 37.6 Å². The molecule has 1 aliphatic heterocycles. The standard InChI is InChI=1S/C26H39N3S/c1-6-7-12-28-13-15-29(16-14-28)24-18-25-23(27-19(2)30-25)17-22(24)20-8-10-21(11-9-20)26(3,4)5/h8,17-18,21H,6-7,9-16H2,1-5H3. The lowest BCUT2D eigenvalue weighted by molar-refractivity contribution is 0.225. The van der Waals surface area contributed by atoms with Gasteiger partial charge in [0.2, 0.25) is 0 Å². The first-order valence-electron chi connectivity index (χ1n) is 11.9. The number of aryl methyl sites for hydroxylation is 1. The monoisotopic (exact) mass is 425 g/mol. The Bertz CT molecular complexity index is 897. The first-order valence-corrected chi connectivity index (χ1v) is 12.7. The van der Waals surface area contributed by atoms with Crippen molar-refractivity contribution in [3.8, 4) is 0 Å². The zero-order chi connectivity index (χ0) is 21.3. The molecule has 2 heterocycles. The van der Waals surface area contributed by atoms with Gasteiger partial charge in [-0.25, -0.2) is 4.98 Å². The van der Waals surface area contributed by atoms with Crippen LogP contribution in [0.3, 0.4) is 0 Å². The van der Waals surface area contributed by atoms with Crippen molar-refractivity contribution in [3.63, 3.8) is 0 Å². The zero-order valence-electron chi connectivity index (χ0n) is 19.6. The number of aromatic nitrogens is 1. The molecule has 1 aromatic heterocycles. The zero-order valence-corrected chi connectivity index (χ0v) is 20.4. The summed E-state index contributed by atoms with van der Waals surface area (Å²) in [7, 11) is 0. The van der Waals surface area contributed by atoms with E-state index < -0.39 is 0 Å². The maximum absolute atomic E-state index is 4.82. The van der Waals surface area contributed by atoms with Gasteiger partial charge in [0, 0.05) is 37.4 Å². The Morgan fingerprint density at radius 3 is 2.53 bits per heavy atom. The van der Waals surface area contributed by atoms with Gasteiger partial charge in [-0.1, -0.05) is 40.2 Å². The number of nitrogens with zero attached hydrogens (tertiary/aromatic N) is 3. The summed E-state index contributed by atoms with van der Waals surface area (Å²) in [6.45, 7) is 17.5. The number of thiazole rings is 1. The SMILES string of the molecule is CCCCN1CCN(c2cc3sc(C)nc3cc2C2=CCC(C(C)(C)C)CC2)CC1. The van der Waals surface area contributed by atoms with E-state index in [1.165, 1.54) is 78.2 Å². The number of benzene rings is 1. The van der Waals surface area contributed by atoms with Gasteiger partial charge in [0.25, 0.3) is 0 Å². The number of anilines is 1. The van der Waals surface area contributed by atoms with Crippen LogP contribution in [0.5, 0.6) is 0 Å². The highest BCUT2D eigenvalue weighted by Crippen LogP contribution is 2.43. The Hall–Kier alpha value is -1.39. The minimum Gasteiger partial charge on any atom is -0.368 e. The minimum absolute atomic E-state index is 0.398. The molecule has 164 valence electrons. The fourth-order valence-electron chi connectivity index (χ4n) is 5.06. The van der Waals surface area contributed by atoms with E-state index in [4.69, 9.17) is 4.98 Å². The van der Waals surface area contributed by atoms with Gasteiger partial charge in [0.1, 0.15) is 0 Å². The molecule has 1 saturated heterocycles. The molecule has 0 spiro atoms. The third-order valence-electron chi connectivity index (χ3n) is 7.14. The molecule has 0 radical (unpaired) electrons. The molecular formula is C26H39N3S. The number of unbranched alkanes of at least 4 members (excludes halogenated alkanes) is 1. The van der Waals surface area contributed by atoms with Gasteiger partial charge in [-0.15, -0.1) is 11.3 Å². The lowest BCUT2D eigenvalue weighted by atomic mass is 9.72. The summed E-state index contributed by atoms with van der Waals surface area (Å²) in [5, 5.41) is 1.17. The molecular weight excluding hydrogens is 386 g/mol. The maximum Gasteiger partial charge on any atom is 0.0907 e. The average molecular weight is 426 g/mol. The number of piperazine rings is 1. The fourth-order valence-corrected chi connectivity index (χ4v) is 5.90. The van der Waals surface area contributed by atoms with E-state index in [2.05, 4.69) is 62.6 Å². The lowest BCUT2D eigenvalue weighted by Gasteiger charge is -2.38.